The van der Waals surface area contributed by atoms with Crippen molar-refractivity contribution in [1.82, 2.24) is 9.78 Å². The first-order chi connectivity index (χ1) is 7.41. The van der Waals surface area contributed by atoms with Gasteiger partial charge in [-0.25, -0.2) is 0 Å². The maximum atomic E-state index is 11.8. The molecule has 88 valence electrons. The Hall–Kier alpha value is -1.12. The second kappa shape index (κ2) is 3.44. The van der Waals surface area contributed by atoms with E-state index in [4.69, 9.17) is 0 Å². The van der Waals surface area contributed by atoms with Gasteiger partial charge in [0.15, 0.2) is 0 Å². The molecule has 1 aromatic heterocycles. The molecule has 16 heavy (non-hydrogen) atoms. The number of carbonyl (C=O) groups excluding carboxylic acids is 1. The first-order valence-electron chi connectivity index (χ1n) is 5.95. The van der Waals surface area contributed by atoms with Crippen molar-refractivity contribution in [3.8, 4) is 0 Å². The monoisotopic (exact) mass is 220 g/mol. The quantitative estimate of drug-likeness (QED) is 0.767. The van der Waals surface area contributed by atoms with Crippen LogP contribution in [0, 0.1) is 19.3 Å². The van der Waals surface area contributed by atoms with Gasteiger partial charge in [-0.1, -0.05) is 13.8 Å². The summed E-state index contributed by atoms with van der Waals surface area (Å²) in [7, 11) is 1.97. The molecule has 0 bridgehead atoms. The smallest absolute Gasteiger partial charge is 0.140 e. The maximum Gasteiger partial charge on any atom is 0.140 e. The fourth-order valence-electron chi connectivity index (χ4n) is 2.87. The number of aromatic nitrogens is 2. The molecule has 3 nitrogen and oxygen atoms in total. The first kappa shape index (κ1) is 11.4. The predicted octanol–water partition coefficient (Wildman–Crippen LogP) is 2.51. The maximum absolute atomic E-state index is 11.8. The predicted molar refractivity (Wildman–Crippen MR) is 63.4 cm³/mol. The van der Waals surface area contributed by atoms with E-state index in [-0.39, 0.29) is 5.41 Å². The molecule has 1 aliphatic rings. The van der Waals surface area contributed by atoms with Crippen molar-refractivity contribution >= 4 is 5.78 Å². The lowest BCUT2D eigenvalue weighted by molar-refractivity contribution is -0.139. The summed E-state index contributed by atoms with van der Waals surface area (Å²) in [6.07, 6.45) is 1.61. The summed E-state index contributed by atoms with van der Waals surface area (Å²) in [4.78, 5) is 11.8. The van der Waals surface area contributed by atoms with Crippen molar-refractivity contribution < 1.29 is 4.79 Å². The third-order valence-electron chi connectivity index (χ3n) is 4.44. The fraction of sp³-hybridized carbons (Fsp3) is 0.692. The van der Waals surface area contributed by atoms with Crippen LogP contribution in [0.25, 0.3) is 0 Å². The summed E-state index contributed by atoms with van der Waals surface area (Å²) in [6, 6.07) is 0. The Morgan fingerprint density at radius 1 is 1.50 bits per heavy atom. The Kier molecular flexibility index (Phi) is 2.44. The highest BCUT2D eigenvalue weighted by atomic mass is 16.1. The molecule has 0 aliphatic heterocycles. The molecular weight excluding hydrogens is 200 g/mol. The number of nitrogens with zero attached hydrogens (tertiary/aromatic N) is 2. The molecule has 1 heterocycles. The van der Waals surface area contributed by atoms with Crippen LogP contribution in [-0.2, 0) is 11.8 Å². The van der Waals surface area contributed by atoms with Crippen LogP contribution >= 0.6 is 0 Å². The van der Waals surface area contributed by atoms with Crippen LogP contribution in [0.3, 0.4) is 0 Å². The van der Waals surface area contributed by atoms with E-state index in [2.05, 4.69) is 25.9 Å². The molecular formula is C13H20N2O. The van der Waals surface area contributed by atoms with Gasteiger partial charge in [0, 0.05) is 36.1 Å². The van der Waals surface area contributed by atoms with Crippen molar-refractivity contribution in [3.05, 3.63) is 17.0 Å². The summed E-state index contributed by atoms with van der Waals surface area (Å²) in [6.45, 7) is 8.33. The van der Waals surface area contributed by atoms with Crippen LogP contribution in [0.2, 0.25) is 0 Å². The molecule has 3 heteroatoms. The molecule has 1 saturated carbocycles. The largest absolute Gasteiger partial charge is 0.299 e. The molecule has 1 aromatic rings. The van der Waals surface area contributed by atoms with Crippen molar-refractivity contribution in [2.75, 3.05) is 0 Å². The number of ketones is 1. The van der Waals surface area contributed by atoms with Crippen LogP contribution in [0.15, 0.2) is 0 Å². The Morgan fingerprint density at radius 2 is 2.12 bits per heavy atom. The Bertz CT molecular complexity index is 447. The lowest BCUT2D eigenvalue weighted by atomic mass is 9.56. The van der Waals surface area contributed by atoms with Gasteiger partial charge in [0.25, 0.3) is 0 Å². The summed E-state index contributed by atoms with van der Waals surface area (Å²) >= 11 is 0. The molecule has 0 aromatic carbocycles. The first-order valence-corrected chi connectivity index (χ1v) is 5.95. The highest BCUT2D eigenvalue weighted by Crippen LogP contribution is 2.53. The molecule has 0 spiro atoms. The molecule has 0 saturated heterocycles. The minimum absolute atomic E-state index is 0.154. The van der Waals surface area contributed by atoms with Crippen molar-refractivity contribution in [3.63, 3.8) is 0 Å². The number of hydrogen-bond acceptors (Lipinski definition) is 2. The molecule has 0 N–H and O–H groups in total. The number of rotatable bonds is 2. The molecule has 0 radical (unpaired) electrons. The van der Waals surface area contributed by atoms with Gasteiger partial charge in [0.1, 0.15) is 5.78 Å². The highest BCUT2D eigenvalue weighted by Gasteiger charge is 2.51. The van der Waals surface area contributed by atoms with Crippen LogP contribution in [0.5, 0.6) is 0 Å². The second-order valence-electron chi connectivity index (χ2n) is 5.16. The van der Waals surface area contributed by atoms with E-state index in [1.807, 2.05) is 18.7 Å². The van der Waals surface area contributed by atoms with E-state index in [0.717, 1.165) is 12.1 Å². The minimum atomic E-state index is -0.154. The highest BCUT2D eigenvalue weighted by molar-refractivity contribution is 5.93. The van der Waals surface area contributed by atoms with E-state index in [1.54, 1.807) is 0 Å². The molecule has 1 fully saturated rings. The summed E-state index contributed by atoms with van der Waals surface area (Å²) in [5.74, 6) is 0.779. The van der Waals surface area contributed by atoms with Gasteiger partial charge in [0.2, 0.25) is 0 Å². The zero-order valence-corrected chi connectivity index (χ0v) is 10.8. The van der Waals surface area contributed by atoms with Crippen LogP contribution in [0.1, 0.15) is 49.6 Å². The molecule has 2 atom stereocenters. The fourth-order valence-corrected chi connectivity index (χ4v) is 2.87. The topological polar surface area (TPSA) is 34.9 Å². The molecule has 1 aliphatic carbocycles. The van der Waals surface area contributed by atoms with Crippen molar-refractivity contribution in [2.45, 2.75) is 46.5 Å². The third-order valence-corrected chi connectivity index (χ3v) is 4.44. The van der Waals surface area contributed by atoms with Crippen LogP contribution in [-0.4, -0.2) is 15.6 Å². The SMILES string of the molecule is CCC1(C)C(=O)CC1c1c(C)nn(C)c1C. The number of hydrogen-bond donors (Lipinski definition) is 0. The van der Waals surface area contributed by atoms with Gasteiger partial charge >= 0.3 is 0 Å². The Labute approximate surface area is 96.8 Å². The number of Topliss-reactive ketones (excluding diaryl/α,β-unsaturated/α-hetero) is 1. The van der Waals surface area contributed by atoms with Crippen molar-refractivity contribution in [1.29, 1.82) is 0 Å². The third kappa shape index (κ3) is 1.27. The van der Waals surface area contributed by atoms with Gasteiger partial charge in [-0.15, -0.1) is 0 Å². The minimum Gasteiger partial charge on any atom is -0.299 e. The standard InChI is InChI=1S/C13H20N2O/c1-6-13(4)10(7-11(13)16)12-8(2)14-15(5)9(12)3/h10H,6-7H2,1-5H3. The molecule has 2 unspecified atom stereocenters. The normalized spacial score (nSPS) is 29.3. The lowest BCUT2D eigenvalue weighted by Crippen LogP contribution is -2.45. The zero-order chi connectivity index (χ0) is 12.1. The van der Waals surface area contributed by atoms with E-state index in [0.29, 0.717) is 18.1 Å². The number of aryl methyl sites for hydroxylation is 2. The van der Waals surface area contributed by atoms with Gasteiger partial charge < -0.3 is 0 Å². The lowest BCUT2D eigenvalue weighted by Gasteiger charge is -2.45. The second-order valence-corrected chi connectivity index (χ2v) is 5.16. The van der Waals surface area contributed by atoms with Crippen molar-refractivity contribution in [2.24, 2.45) is 12.5 Å². The van der Waals surface area contributed by atoms with Gasteiger partial charge in [-0.05, 0) is 20.3 Å². The summed E-state index contributed by atoms with van der Waals surface area (Å²) in [5.41, 5.74) is 3.43. The van der Waals surface area contributed by atoms with E-state index < -0.39 is 0 Å². The molecule has 2 rings (SSSR count). The van der Waals surface area contributed by atoms with Gasteiger partial charge in [0.05, 0.1) is 5.69 Å². The number of carbonyl (C=O) groups is 1. The Morgan fingerprint density at radius 3 is 2.50 bits per heavy atom. The average molecular weight is 220 g/mol. The van der Waals surface area contributed by atoms with Crippen LogP contribution < -0.4 is 0 Å². The van der Waals surface area contributed by atoms with Crippen LogP contribution in [0.4, 0.5) is 0 Å². The van der Waals surface area contributed by atoms with Gasteiger partial charge in [-0.3, -0.25) is 9.48 Å². The summed E-state index contributed by atoms with van der Waals surface area (Å²) in [5, 5.41) is 4.44. The molecule has 0 amide bonds. The zero-order valence-electron chi connectivity index (χ0n) is 10.8. The average Bonchev–Trinajstić information content (AvgIpc) is 2.49. The summed E-state index contributed by atoms with van der Waals surface area (Å²) < 4.78 is 1.92. The van der Waals surface area contributed by atoms with E-state index >= 15 is 0 Å². The Balaban J connectivity index is 2.43. The van der Waals surface area contributed by atoms with E-state index in [1.165, 1.54) is 11.3 Å². The van der Waals surface area contributed by atoms with E-state index in [9.17, 15) is 4.79 Å². The van der Waals surface area contributed by atoms with Gasteiger partial charge in [-0.2, -0.15) is 5.10 Å².